The molecule has 1 rings (SSSR count). The maximum atomic E-state index is 11.9. The highest BCUT2D eigenvalue weighted by molar-refractivity contribution is 4.94. The van der Waals surface area contributed by atoms with E-state index < -0.39 is 50.0 Å². The molecule has 1 heterocycles. The monoisotopic (exact) mass is 261 g/mol. The van der Waals surface area contributed by atoms with Gasteiger partial charge in [-0.2, -0.15) is 13.2 Å². The first-order valence-electron chi connectivity index (χ1n) is 4.87. The molecule has 5 atom stereocenters. The summed E-state index contributed by atoms with van der Waals surface area (Å²) in [5, 5.41) is 38.5. The van der Waals surface area contributed by atoms with Crippen molar-refractivity contribution in [2.45, 2.75) is 36.8 Å². The Morgan fingerprint density at radius 1 is 1.29 bits per heavy atom. The second-order valence-corrected chi connectivity index (χ2v) is 3.75. The van der Waals surface area contributed by atoms with Gasteiger partial charge in [-0.15, -0.1) is 0 Å². The van der Waals surface area contributed by atoms with E-state index >= 15 is 0 Å². The van der Waals surface area contributed by atoms with E-state index in [0.717, 1.165) is 0 Å². The first kappa shape index (κ1) is 14.6. The van der Waals surface area contributed by atoms with Crippen molar-refractivity contribution in [3.05, 3.63) is 0 Å². The van der Waals surface area contributed by atoms with Crippen LogP contribution in [0.4, 0.5) is 13.2 Å². The Labute approximate surface area is 94.6 Å². The number of rotatable bonds is 4. The molecule has 1 aliphatic heterocycles. The average Bonchev–Trinajstić information content (AvgIpc) is 2.49. The largest absolute Gasteiger partial charge is 0.401 e. The molecule has 0 aliphatic carbocycles. The van der Waals surface area contributed by atoms with Crippen LogP contribution in [0.2, 0.25) is 0 Å². The fourth-order valence-corrected chi connectivity index (χ4v) is 1.58. The van der Waals surface area contributed by atoms with Gasteiger partial charge in [0, 0.05) is 0 Å². The molecule has 9 heteroatoms. The van der Waals surface area contributed by atoms with Crippen molar-refractivity contribution in [2.24, 2.45) is 0 Å². The lowest BCUT2D eigenvalue weighted by Gasteiger charge is -2.21. The van der Waals surface area contributed by atoms with Crippen LogP contribution in [0.15, 0.2) is 0 Å². The number of nitrogens with one attached hydrogen (secondary N) is 1. The first-order valence-corrected chi connectivity index (χ1v) is 4.87. The van der Waals surface area contributed by atoms with Gasteiger partial charge in [0.15, 0.2) is 6.29 Å². The molecule has 0 saturated carbocycles. The molecule has 0 aromatic carbocycles. The summed E-state index contributed by atoms with van der Waals surface area (Å²) in [5.41, 5.74) is 0. The second kappa shape index (κ2) is 5.46. The number of hydrogen-bond acceptors (Lipinski definition) is 6. The van der Waals surface area contributed by atoms with Gasteiger partial charge in [-0.3, -0.25) is 5.32 Å². The Kier molecular flexibility index (Phi) is 4.69. The summed E-state index contributed by atoms with van der Waals surface area (Å²) in [4.78, 5) is 0. The molecule has 0 aromatic rings. The fraction of sp³-hybridized carbons (Fsp3) is 1.00. The van der Waals surface area contributed by atoms with Gasteiger partial charge in [-0.1, -0.05) is 0 Å². The third-order valence-corrected chi connectivity index (χ3v) is 2.41. The van der Waals surface area contributed by atoms with Crippen molar-refractivity contribution < 1.29 is 38.3 Å². The summed E-state index contributed by atoms with van der Waals surface area (Å²) < 4.78 is 40.5. The zero-order chi connectivity index (χ0) is 13.2. The summed E-state index contributed by atoms with van der Waals surface area (Å²) >= 11 is 0. The van der Waals surface area contributed by atoms with Gasteiger partial charge in [0.2, 0.25) is 0 Å². The maximum absolute atomic E-state index is 11.9. The molecular formula is C8H14F3NO5. The lowest BCUT2D eigenvalue weighted by atomic mass is 10.0. The summed E-state index contributed by atoms with van der Waals surface area (Å²) in [5.74, 6) is 0. The molecule has 0 bridgehead atoms. The third kappa shape index (κ3) is 3.76. The Hall–Kier alpha value is -0.450. The number of alkyl halides is 3. The van der Waals surface area contributed by atoms with E-state index in [-0.39, 0.29) is 0 Å². The first-order chi connectivity index (χ1) is 7.76. The molecule has 0 aromatic heterocycles. The lowest BCUT2D eigenvalue weighted by molar-refractivity contribution is -0.145. The van der Waals surface area contributed by atoms with Crippen LogP contribution in [0.25, 0.3) is 0 Å². The standard InChI is InChI=1S/C8H14F3NO5/c9-8(10,11)2-12-4-5(15)6(3(14)1-13)17-7(4)16/h3-7,12-16H,1-2H2/t3-,4+,5-,6?,7?/m1/s1. The smallest absolute Gasteiger partial charge is 0.394 e. The number of halogens is 3. The van der Waals surface area contributed by atoms with Crippen molar-refractivity contribution in [2.75, 3.05) is 13.2 Å². The van der Waals surface area contributed by atoms with Crippen LogP contribution < -0.4 is 5.32 Å². The van der Waals surface area contributed by atoms with Crippen LogP contribution in [-0.2, 0) is 4.74 Å². The third-order valence-electron chi connectivity index (χ3n) is 2.41. The van der Waals surface area contributed by atoms with Crippen molar-refractivity contribution in [1.82, 2.24) is 5.32 Å². The van der Waals surface area contributed by atoms with E-state index in [9.17, 15) is 28.5 Å². The number of aliphatic hydroxyl groups is 4. The van der Waals surface area contributed by atoms with E-state index in [1.807, 2.05) is 5.32 Å². The average molecular weight is 261 g/mol. The quantitative estimate of drug-likeness (QED) is 0.399. The molecule has 0 amide bonds. The number of aliphatic hydroxyl groups excluding tert-OH is 4. The predicted octanol–water partition coefficient (Wildman–Crippen LogP) is -2.06. The van der Waals surface area contributed by atoms with Gasteiger partial charge in [0.25, 0.3) is 0 Å². The zero-order valence-corrected chi connectivity index (χ0v) is 8.63. The minimum atomic E-state index is -4.49. The van der Waals surface area contributed by atoms with E-state index in [1.165, 1.54) is 0 Å². The van der Waals surface area contributed by atoms with Crippen LogP contribution in [0, 0.1) is 0 Å². The molecule has 17 heavy (non-hydrogen) atoms. The molecule has 5 N–H and O–H groups in total. The normalized spacial score (nSPS) is 36.2. The van der Waals surface area contributed by atoms with Crippen LogP contribution >= 0.6 is 0 Å². The van der Waals surface area contributed by atoms with Gasteiger partial charge in [-0.25, -0.2) is 0 Å². The topological polar surface area (TPSA) is 102 Å². The lowest BCUT2D eigenvalue weighted by Crippen LogP contribution is -2.49. The van der Waals surface area contributed by atoms with E-state index in [4.69, 9.17) is 5.11 Å². The zero-order valence-electron chi connectivity index (χ0n) is 8.63. The molecule has 1 saturated heterocycles. The van der Waals surface area contributed by atoms with Gasteiger partial charge in [-0.05, 0) is 0 Å². The maximum Gasteiger partial charge on any atom is 0.401 e. The van der Waals surface area contributed by atoms with E-state index in [2.05, 4.69) is 4.74 Å². The Morgan fingerprint density at radius 2 is 1.88 bits per heavy atom. The van der Waals surface area contributed by atoms with E-state index in [0.29, 0.717) is 0 Å². The molecule has 1 fully saturated rings. The molecular weight excluding hydrogens is 247 g/mol. The molecule has 0 spiro atoms. The predicted molar refractivity (Wildman–Crippen MR) is 47.8 cm³/mol. The number of hydrogen-bond donors (Lipinski definition) is 5. The summed E-state index contributed by atoms with van der Waals surface area (Å²) in [6, 6.07) is -1.37. The SMILES string of the molecule is OC[C@@H](O)C1OC(O)[C@@H](NCC(F)(F)F)[C@H]1O. The molecule has 0 radical (unpaired) electrons. The van der Waals surface area contributed by atoms with Gasteiger partial charge >= 0.3 is 6.18 Å². The van der Waals surface area contributed by atoms with Crippen molar-refractivity contribution in [3.8, 4) is 0 Å². The van der Waals surface area contributed by atoms with Crippen LogP contribution in [0.1, 0.15) is 0 Å². The fourth-order valence-electron chi connectivity index (χ4n) is 1.58. The van der Waals surface area contributed by atoms with Crippen molar-refractivity contribution in [3.63, 3.8) is 0 Å². The highest BCUT2D eigenvalue weighted by Crippen LogP contribution is 2.23. The summed E-state index contributed by atoms with van der Waals surface area (Å²) in [6.07, 6.45) is -10.5. The van der Waals surface area contributed by atoms with E-state index in [1.54, 1.807) is 0 Å². The number of ether oxygens (including phenoxy) is 1. The van der Waals surface area contributed by atoms with Crippen molar-refractivity contribution >= 4 is 0 Å². The molecule has 102 valence electrons. The van der Waals surface area contributed by atoms with Crippen LogP contribution in [0.5, 0.6) is 0 Å². The summed E-state index contributed by atoms with van der Waals surface area (Å²) in [7, 11) is 0. The van der Waals surface area contributed by atoms with Crippen LogP contribution in [0.3, 0.4) is 0 Å². The molecule has 1 aliphatic rings. The Balaban J connectivity index is 2.56. The molecule has 6 nitrogen and oxygen atoms in total. The summed E-state index contributed by atoms with van der Waals surface area (Å²) in [6.45, 7) is -2.14. The minimum absolute atomic E-state index is 0.736. The molecule has 2 unspecified atom stereocenters. The highest BCUT2D eigenvalue weighted by atomic mass is 19.4. The van der Waals surface area contributed by atoms with Gasteiger partial charge in [0.1, 0.15) is 18.3 Å². The van der Waals surface area contributed by atoms with Crippen molar-refractivity contribution in [1.29, 1.82) is 0 Å². The second-order valence-electron chi connectivity index (χ2n) is 3.75. The Bertz CT molecular complexity index is 252. The van der Waals surface area contributed by atoms with Crippen LogP contribution in [-0.4, -0.2) is 70.4 Å². The van der Waals surface area contributed by atoms with Gasteiger partial charge < -0.3 is 25.2 Å². The highest BCUT2D eigenvalue weighted by Gasteiger charge is 2.46. The minimum Gasteiger partial charge on any atom is -0.394 e. The van der Waals surface area contributed by atoms with Gasteiger partial charge in [0.05, 0.1) is 19.2 Å². The Morgan fingerprint density at radius 3 is 2.35 bits per heavy atom.